The highest BCUT2D eigenvalue weighted by Gasteiger charge is 2.58. The predicted molar refractivity (Wildman–Crippen MR) is 91.1 cm³/mol. The lowest BCUT2D eigenvalue weighted by atomic mass is 9.65. The van der Waals surface area contributed by atoms with E-state index in [-0.39, 0.29) is 23.6 Å². The molecular weight excluding hydrogens is 309 g/mol. The van der Waals surface area contributed by atoms with Gasteiger partial charge in [-0.3, -0.25) is 4.90 Å². The van der Waals surface area contributed by atoms with E-state index in [4.69, 9.17) is 0 Å². The number of hydrogen-bond donors (Lipinski definition) is 3. The summed E-state index contributed by atoms with van der Waals surface area (Å²) in [7, 11) is 0. The minimum absolute atomic E-state index is 0.0882. The molecule has 6 heteroatoms. The van der Waals surface area contributed by atoms with Crippen LogP contribution in [-0.2, 0) is 6.61 Å². The Bertz CT molecular complexity index is 598. The molecule has 0 radical (unpaired) electrons. The van der Waals surface area contributed by atoms with Crippen molar-refractivity contribution in [2.24, 2.45) is 11.3 Å². The molecule has 1 saturated heterocycles. The summed E-state index contributed by atoms with van der Waals surface area (Å²) in [5, 5.41) is 23.0. The van der Waals surface area contributed by atoms with E-state index in [9.17, 15) is 14.6 Å². The number of rotatable bonds is 5. The van der Waals surface area contributed by atoms with E-state index in [2.05, 4.69) is 36.0 Å². The second kappa shape index (κ2) is 6.58. The molecule has 5 nitrogen and oxygen atoms in total. The number of halogens is 1. The molecule has 1 aliphatic carbocycles. The van der Waals surface area contributed by atoms with E-state index in [0.29, 0.717) is 17.8 Å². The fourth-order valence-electron chi connectivity index (χ4n) is 4.91. The highest BCUT2D eigenvalue weighted by Crippen LogP contribution is 2.53. The van der Waals surface area contributed by atoms with Crippen molar-refractivity contribution in [2.45, 2.75) is 58.4 Å². The Hall–Kier alpha value is -1.24. The summed E-state index contributed by atoms with van der Waals surface area (Å²) < 4.78 is 13.5. The van der Waals surface area contributed by atoms with Gasteiger partial charge in [0.15, 0.2) is 0 Å². The number of anilines is 1. The summed E-state index contributed by atoms with van der Waals surface area (Å²) in [5.41, 5.74) is 0.372. The largest absolute Gasteiger partial charge is 0.392 e. The summed E-state index contributed by atoms with van der Waals surface area (Å²) in [4.78, 5) is 6.53. The Morgan fingerprint density at radius 1 is 1.46 bits per heavy atom. The van der Waals surface area contributed by atoms with E-state index < -0.39 is 11.9 Å². The van der Waals surface area contributed by atoms with Crippen LogP contribution in [0.3, 0.4) is 0 Å². The first kappa shape index (κ1) is 17.6. The van der Waals surface area contributed by atoms with Gasteiger partial charge in [0.1, 0.15) is 11.6 Å². The molecule has 1 spiro atoms. The average molecular weight is 337 g/mol. The average Bonchev–Trinajstić information content (AvgIpc) is 2.84. The van der Waals surface area contributed by atoms with Crippen LogP contribution >= 0.6 is 0 Å². The molecule has 2 fully saturated rings. The number of aliphatic hydroxyl groups is 2. The highest BCUT2D eigenvalue weighted by molar-refractivity contribution is 5.40. The van der Waals surface area contributed by atoms with Gasteiger partial charge >= 0.3 is 0 Å². The van der Waals surface area contributed by atoms with Gasteiger partial charge in [-0.15, -0.1) is 0 Å². The number of hydrogen-bond acceptors (Lipinski definition) is 5. The van der Waals surface area contributed by atoms with E-state index in [0.717, 1.165) is 32.1 Å². The molecule has 2 heterocycles. The lowest BCUT2D eigenvalue weighted by Crippen LogP contribution is -2.65. The van der Waals surface area contributed by atoms with Crippen molar-refractivity contribution in [1.29, 1.82) is 0 Å². The number of aromatic nitrogens is 1. The Kier molecular flexibility index (Phi) is 4.82. The lowest BCUT2D eigenvalue weighted by molar-refractivity contribution is -0.0961. The van der Waals surface area contributed by atoms with Crippen LogP contribution in [0.2, 0.25) is 0 Å². The number of nitrogens with one attached hydrogen (secondary N) is 1. The molecule has 134 valence electrons. The van der Waals surface area contributed by atoms with Gasteiger partial charge in [0.2, 0.25) is 0 Å². The lowest BCUT2D eigenvalue weighted by Gasteiger charge is -2.58. The Labute approximate surface area is 142 Å². The van der Waals surface area contributed by atoms with Crippen molar-refractivity contribution in [3.05, 3.63) is 23.6 Å². The number of nitrogens with zero attached hydrogens (tertiary/aromatic N) is 2. The van der Waals surface area contributed by atoms with E-state index in [1.165, 1.54) is 6.07 Å². The zero-order valence-corrected chi connectivity index (χ0v) is 14.7. The SMILES string of the molecule is CCN1CC2(C[C@@H](O)[C@H](Nc3cc(CO)c(F)cn3)C2)C1C(C)C. The minimum atomic E-state index is -0.510. The molecule has 1 aromatic rings. The molecule has 3 rings (SSSR count). The smallest absolute Gasteiger partial charge is 0.147 e. The van der Waals surface area contributed by atoms with Gasteiger partial charge in [0.25, 0.3) is 0 Å². The van der Waals surface area contributed by atoms with Gasteiger partial charge in [-0.05, 0) is 31.4 Å². The molecule has 0 amide bonds. The van der Waals surface area contributed by atoms with E-state index in [1.807, 2.05) is 0 Å². The predicted octanol–water partition coefficient (Wildman–Crippen LogP) is 1.99. The quantitative estimate of drug-likeness (QED) is 0.767. The monoisotopic (exact) mass is 337 g/mol. The molecule has 3 N–H and O–H groups in total. The number of likely N-dealkylation sites (tertiary alicyclic amines) is 1. The molecule has 0 aromatic carbocycles. The summed E-state index contributed by atoms with van der Waals surface area (Å²) in [6.45, 7) is 8.38. The normalized spacial score (nSPS) is 33.2. The van der Waals surface area contributed by atoms with Gasteiger partial charge in [0, 0.05) is 23.6 Å². The van der Waals surface area contributed by atoms with Crippen molar-refractivity contribution in [1.82, 2.24) is 9.88 Å². The zero-order valence-electron chi connectivity index (χ0n) is 14.7. The van der Waals surface area contributed by atoms with E-state index >= 15 is 0 Å². The second-order valence-corrected chi connectivity index (χ2v) is 7.66. The van der Waals surface area contributed by atoms with Crippen LogP contribution < -0.4 is 5.32 Å². The third-order valence-electron chi connectivity index (χ3n) is 5.72. The maximum atomic E-state index is 13.5. The third-order valence-corrected chi connectivity index (χ3v) is 5.72. The molecule has 0 bridgehead atoms. The minimum Gasteiger partial charge on any atom is -0.392 e. The van der Waals surface area contributed by atoms with Gasteiger partial charge in [0.05, 0.1) is 24.9 Å². The Balaban J connectivity index is 1.73. The number of aliphatic hydroxyl groups excluding tert-OH is 2. The Morgan fingerprint density at radius 2 is 2.21 bits per heavy atom. The molecule has 4 atom stereocenters. The van der Waals surface area contributed by atoms with Crippen LogP contribution in [0, 0.1) is 17.2 Å². The molecule has 1 aromatic heterocycles. The van der Waals surface area contributed by atoms with Crippen molar-refractivity contribution < 1.29 is 14.6 Å². The van der Waals surface area contributed by atoms with Gasteiger partial charge in [-0.2, -0.15) is 0 Å². The van der Waals surface area contributed by atoms with Gasteiger partial charge < -0.3 is 15.5 Å². The van der Waals surface area contributed by atoms with Crippen LogP contribution in [0.15, 0.2) is 12.3 Å². The standard InChI is InChI=1S/C18H28FN3O2/c1-4-22-10-18(17(22)11(2)3)6-14(15(24)7-18)21-16-5-12(9-23)13(19)8-20-16/h5,8,11,14-15,17,23-24H,4,6-7,9-10H2,1-3H3,(H,20,21)/t14-,15-,17?,18?/m1/s1. The second-order valence-electron chi connectivity index (χ2n) is 7.66. The molecule has 24 heavy (non-hydrogen) atoms. The van der Waals surface area contributed by atoms with Crippen molar-refractivity contribution >= 4 is 5.82 Å². The van der Waals surface area contributed by atoms with Crippen LogP contribution in [0.5, 0.6) is 0 Å². The summed E-state index contributed by atoms with van der Waals surface area (Å²) in [5.74, 6) is 0.549. The first-order valence-corrected chi connectivity index (χ1v) is 8.84. The Morgan fingerprint density at radius 3 is 2.83 bits per heavy atom. The zero-order chi connectivity index (χ0) is 17.5. The maximum absolute atomic E-state index is 13.5. The summed E-state index contributed by atoms with van der Waals surface area (Å²) >= 11 is 0. The van der Waals surface area contributed by atoms with Crippen molar-refractivity contribution in [3.63, 3.8) is 0 Å². The summed E-state index contributed by atoms with van der Waals surface area (Å²) in [6, 6.07) is 1.93. The van der Waals surface area contributed by atoms with Gasteiger partial charge in [-0.1, -0.05) is 20.8 Å². The molecular formula is C18H28FN3O2. The first-order chi connectivity index (χ1) is 11.4. The van der Waals surface area contributed by atoms with Crippen molar-refractivity contribution in [2.75, 3.05) is 18.4 Å². The van der Waals surface area contributed by atoms with Crippen LogP contribution in [-0.4, -0.2) is 51.4 Å². The molecule has 1 aliphatic heterocycles. The first-order valence-electron chi connectivity index (χ1n) is 8.84. The molecule has 2 aliphatic rings. The van der Waals surface area contributed by atoms with Gasteiger partial charge in [-0.25, -0.2) is 9.37 Å². The fraction of sp³-hybridized carbons (Fsp3) is 0.722. The fourth-order valence-corrected chi connectivity index (χ4v) is 4.91. The molecule has 1 saturated carbocycles. The third kappa shape index (κ3) is 2.91. The molecule has 2 unspecified atom stereocenters. The topological polar surface area (TPSA) is 68.6 Å². The van der Waals surface area contributed by atoms with Crippen LogP contribution in [0.1, 0.15) is 39.2 Å². The van der Waals surface area contributed by atoms with Crippen molar-refractivity contribution in [3.8, 4) is 0 Å². The van der Waals surface area contributed by atoms with Crippen LogP contribution in [0.25, 0.3) is 0 Å². The summed E-state index contributed by atoms with van der Waals surface area (Å²) in [6.07, 6.45) is 2.36. The van der Waals surface area contributed by atoms with E-state index in [1.54, 1.807) is 0 Å². The highest BCUT2D eigenvalue weighted by atomic mass is 19.1. The van der Waals surface area contributed by atoms with Crippen LogP contribution in [0.4, 0.5) is 10.2 Å². The number of pyridine rings is 1. The maximum Gasteiger partial charge on any atom is 0.147 e.